The largest absolute Gasteiger partial charge is 0.495 e. The van der Waals surface area contributed by atoms with Crippen molar-refractivity contribution in [2.45, 2.75) is 6.54 Å². The Balaban J connectivity index is 1.71. The monoisotopic (exact) mass is 555 g/mol. The second-order valence-corrected chi connectivity index (χ2v) is 9.59. The summed E-state index contributed by atoms with van der Waals surface area (Å²) in [5.74, 6) is 0.524. The quantitative estimate of drug-likeness (QED) is 0.329. The number of ether oxygens (including phenoxy) is 2. The van der Waals surface area contributed by atoms with Crippen LogP contribution < -0.4 is 25.8 Å². The molecule has 0 unspecified atom stereocenters. The molecular weight excluding hydrogens is 522 g/mol. The van der Waals surface area contributed by atoms with E-state index in [9.17, 15) is 14.4 Å². The topological polar surface area (TPSA) is 107 Å². The number of amides is 2. The Morgan fingerprint density at radius 2 is 1.68 bits per heavy atom. The van der Waals surface area contributed by atoms with Gasteiger partial charge in [0.05, 0.1) is 25.0 Å². The average molecular weight is 556 g/mol. The summed E-state index contributed by atoms with van der Waals surface area (Å²) in [7, 11) is 3.10. The number of hydrogen-bond donors (Lipinski definition) is 2. The van der Waals surface area contributed by atoms with Crippen LogP contribution in [-0.4, -0.2) is 72.8 Å². The standard InChI is InChI=1S/C31H33N5O5/c1-32-27(37)21-41-24-12-8-9-22(19-24)20-35-29(30(38)34-17-15-33-16-18-34)28(23-10-4-3-5-11-23)36(31(35)39)25-13-6-7-14-26(25)40-2/h3-14,19,33H,15-18,20-21H2,1-2H3,(H,32,37). The molecule has 1 fully saturated rings. The van der Waals surface area contributed by atoms with E-state index in [1.165, 1.54) is 4.57 Å². The van der Waals surface area contributed by atoms with Gasteiger partial charge in [0, 0.05) is 38.8 Å². The van der Waals surface area contributed by atoms with Gasteiger partial charge in [-0.25, -0.2) is 4.79 Å². The molecule has 1 aliphatic heterocycles. The molecule has 1 aromatic heterocycles. The lowest BCUT2D eigenvalue weighted by Gasteiger charge is -2.28. The van der Waals surface area contributed by atoms with Crippen LogP contribution in [0.3, 0.4) is 0 Å². The fourth-order valence-electron chi connectivity index (χ4n) is 4.96. The molecule has 2 amide bonds. The summed E-state index contributed by atoms with van der Waals surface area (Å²) in [6.07, 6.45) is 0. The normalized spacial score (nSPS) is 13.1. The third-order valence-corrected chi connectivity index (χ3v) is 7.01. The van der Waals surface area contributed by atoms with Gasteiger partial charge in [0.15, 0.2) is 6.61 Å². The maximum atomic E-state index is 14.4. The van der Waals surface area contributed by atoms with E-state index >= 15 is 0 Å². The number of methoxy groups -OCH3 is 1. The molecular formula is C31H33N5O5. The molecule has 1 saturated heterocycles. The van der Waals surface area contributed by atoms with Crippen LogP contribution >= 0.6 is 0 Å². The van der Waals surface area contributed by atoms with E-state index in [4.69, 9.17) is 9.47 Å². The number of piperazine rings is 1. The summed E-state index contributed by atoms with van der Waals surface area (Å²) in [4.78, 5) is 42.1. The first kappa shape index (κ1) is 27.7. The van der Waals surface area contributed by atoms with E-state index in [0.717, 1.165) is 11.1 Å². The van der Waals surface area contributed by atoms with E-state index in [0.29, 0.717) is 54.8 Å². The Morgan fingerprint density at radius 3 is 2.41 bits per heavy atom. The van der Waals surface area contributed by atoms with Gasteiger partial charge >= 0.3 is 5.69 Å². The molecule has 0 spiro atoms. The zero-order chi connectivity index (χ0) is 28.8. The van der Waals surface area contributed by atoms with Crippen molar-refractivity contribution >= 4 is 11.8 Å². The number of nitrogens with one attached hydrogen (secondary N) is 2. The minimum Gasteiger partial charge on any atom is -0.495 e. The second-order valence-electron chi connectivity index (χ2n) is 9.59. The highest BCUT2D eigenvalue weighted by molar-refractivity contribution is 5.99. The van der Waals surface area contributed by atoms with E-state index in [1.807, 2.05) is 54.6 Å². The lowest BCUT2D eigenvalue weighted by molar-refractivity contribution is -0.122. The van der Waals surface area contributed by atoms with Crippen LogP contribution in [0, 0.1) is 0 Å². The van der Waals surface area contributed by atoms with Crippen molar-refractivity contribution in [3.63, 3.8) is 0 Å². The van der Waals surface area contributed by atoms with E-state index < -0.39 is 0 Å². The van der Waals surface area contributed by atoms with Gasteiger partial charge in [-0.1, -0.05) is 54.6 Å². The summed E-state index contributed by atoms with van der Waals surface area (Å²) in [5, 5.41) is 5.81. The molecule has 41 heavy (non-hydrogen) atoms. The van der Waals surface area contributed by atoms with Crippen molar-refractivity contribution in [1.82, 2.24) is 24.7 Å². The van der Waals surface area contributed by atoms with Gasteiger partial charge in [0.25, 0.3) is 11.8 Å². The van der Waals surface area contributed by atoms with Crippen molar-refractivity contribution in [2.75, 3.05) is 46.9 Å². The number of benzene rings is 3. The number of aromatic nitrogens is 2. The highest BCUT2D eigenvalue weighted by Crippen LogP contribution is 2.31. The fourth-order valence-corrected chi connectivity index (χ4v) is 4.96. The van der Waals surface area contributed by atoms with Crippen LogP contribution in [-0.2, 0) is 11.3 Å². The molecule has 0 aliphatic carbocycles. The zero-order valence-electron chi connectivity index (χ0n) is 23.1. The SMILES string of the molecule is CNC(=O)COc1cccc(Cn2c(C(=O)N3CCNCC3)c(-c3ccccc3)n(-c3ccccc3OC)c2=O)c1. The first-order valence-corrected chi connectivity index (χ1v) is 13.5. The number of imidazole rings is 1. The summed E-state index contributed by atoms with van der Waals surface area (Å²) in [5.41, 5.74) is 2.43. The highest BCUT2D eigenvalue weighted by atomic mass is 16.5. The summed E-state index contributed by atoms with van der Waals surface area (Å²) in [6.45, 7) is 2.40. The molecule has 1 aliphatic rings. The van der Waals surface area contributed by atoms with Crippen molar-refractivity contribution in [3.05, 3.63) is 101 Å². The average Bonchev–Trinajstić information content (AvgIpc) is 3.31. The minimum atomic E-state index is -0.372. The number of likely N-dealkylation sites (N-methyl/N-ethyl adjacent to an activating group) is 1. The summed E-state index contributed by atoms with van der Waals surface area (Å²) < 4.78 is 14.4. The molecule has 5 rings (SSSR count). The molecule has 0 saturated carbocycles. The molecule has 10 nitrogen and oxygen atoms in total. The molecule has 212 valence electrons. The Morgan fingerprint density at radius 1 is 0.951 bits per heavy atom. The molecule has 3 aromatic carbocycles. The predicted molar refractivity (Wildman–Crippen MR) is 156 cm³/mol. The lowest BCUT2D eigenvalue weighted by Crippen LogP contribution is -2.47. The Bertz CT molecular complexity index is 1590. The second kappa shape index (κ2) is 12.6. The molecule has 0 bridgehead atoms. The smallest absolute Gasteiger partial charge is 0.334 e. The molecule has 2 N–H and O–H groups in total. The molecule has 2 heterocycles. The van der Waals surface area contributed by atoms with Gasteiger partial charge < -0.3 is 25.0 Å². The van der Waals surface area contributed by atoms with Gasteiger partial charge in [-0.15, -0.1) is 0 Å². The maximum Gasteiger partial charge on any atom is 0.334 e. The Hall–Kier alpha value is -4.83. The van der Waals surface area contributed by atoms with Gasteiger partial charge in [0.1, 0.15) is 17.2 Å². The first-order chi connectivity index (χ1) is 20.0. The third kappa shape index (κ3) is 5.87. The van der Waals surface area contributed by atoms with E-state index in [2.05, 4.69) is 10.6 Å². The number of carbonyl (C=O) groups is 2. The third-order valence-electron chi connectivity index (χ3n) is 7.01. The Kier molecular flexibility index (Phi) is 8.50. The van der Waals surface area contributed by atoms with Crippen molar-refractivity contribution < 1.29 is 19.1 Å². The molecule has 0 radical (unpaired) electrons. The predicted octanol–water partition coefficient (Wildman–Crippen LogP) is 2.53. The van der Waals surface area contributed by atoms with Crippen LogP contribution in [0.5, 0.6) is 11.5 Å². The number of para-hydroxylation sites is 2. The van der Waals surface area contributed by atoms with Gasteiger partial charge in [-0.3, -0.25) is 18.7 Å². The number of carbonyl (C=O) groups excluding carboxylic acids is 2. The van der Waals surface area contributed by atoms with Crippen LogP contribution in [0.4, 0.5) is 0 Å². The van der Waals surface area contributed by atoms with E-state index in [-0.39, 0.29) is 30.7 Å². The van der Waals surface area contributed by atoms with Crippen LogP contribution in [0.25, 0.3) is 16.9 Å². The van der Waals surface area contributed by atoms with Gasteiger partial charge in [-0.05, 0) is 29.8 Å². The van der Waals surface area contributed by atoms with E-state index in [1.54, 1.807) is 47.9 Å². The Labute approximate surface area is 238 Å². The zero-order valence-corrected chi connectivity index (χ0v) is 23.1. The first-order valence-electron chi connectivity index (χ1n) is 13.5. The van der Waals surface area contributed by atoms with Gasteiger partial charge in [0.2, 0.25) is 0 Å². The number of nitrogens with zero attached hydrogens (tertiary/aromatic N) is 3. The van der Waals surface area contributed by atoms with Crippen molar-refractivity contribution in [3.8, 4) is 28.4 Å². The molecule has 4 aromatic rings. The maximum absolute atomic E-state index is 14.4. The van der Waals surface area contributed by atoms with Crippen molar-refractivity contribution in [1.29, 1.82) is 0 Å². The fraction of sp³-hybridized carbons (Fsp3) is 0.258. The van der Waals surface area contributed by atoms with Gasteiger partial charge in [-0.2, -0.15) is 0 Å². The molecule has 10 heteroatoms. The minimum absolute atomic E-state index is 0.116. The summed E-state index contributed by atoms with van der Waals surface area (Å²) >= 11 is 0. The lowest BCUT2D eigenvalue weighted by atomic mass is 10.1. The van der Waals surface area contributed by atoms with Crippen LogP contribution in [0.2, 0.25) is 0 Å². The van der Waals surface area contributed by atoms with Crippen molar-refractivity contribution in [2.24, 2.45) is 0 Å². The highest BCUT2D eigenvalue weighted by Gasteiger charge is 2.31. The van der Waals surface area contributed by atoms with Crippen LogP contribution in [0.1, 0.15) is 16.1 Å². The number of rotatable bonds is 9. The van der Waals surface area contributed by atoms with Crippen LogP contribution in [0.15, 0.2) is 83.7 Å². The number of hydrogen-bond acceptors (Lipinski definition) is 6. The molecule has 0 atom stereocenters. The summed E-state index contributed by atoms with van der Waals surface area (Å²) in [6, 6.07) is 23.9.